The van der Waals surface area contributed by atoms with E-state index in [9.17, 15) is 4.79 Å². The smallest absolute Gasteiger partial charge is 0.224 e. The second-order valence-corrected chi connectivity index (χ2v) is 5.12. The number of ether oxygens (including phenoxy) is 1. The second-order valence-electron chi connectivity index (χ2n) is 5.12. The summed E-state index contributed by atoms with van der Waals surface area (Å²) in [5.41, 5.74) is 8.35. The van der Waals surface area contributed by atoms with Crippen LogP contribution in [0.25, 0.3) is 0 Å². The SMILES string of the molecule is CCCOc1cccc(NC(=O)CCc2ccccc2N)c1.Cl. The van der Waals surface area contributed by atoms with Crippen molar-refractivity contribution in [3.8, 4) is 5.75 Å². The molecule has 4 nitrogen and oxygen atoms in total. The summed E-state index contributed by atoms with van der Waals surface area (Å²) in [6.07, 6.45) is 1.98. The van der Waals surface area contributed by atoms with E-state index in [0.717, 1.165) is 29.1 Å². The number of para-hydroxylation sites is 1. The molecule has 0 heterocycles. The number of nitrogens with one attached hydrogen (secondary N) is 1. The quantitative estimate of drug-likeness (QED) is 0.751. The topological polar surface area (TPSA) is 64.3 Å². The van der Waals surface area contributed by atoms with Crippen molar-refractivity contribution in [2.24, 2.45) is 0 Å². The van der Waals surface area contributed by atoms with Gasteiger partial charge in [0.2, 0.25) is 5.91 Å². The Kier molecular flexibility index (Phi) is 7.98. The molecule has 2 aromatic carbocycles. The zero-order valence-electron chi connectivity index (χ0n) is 13.2. The minimum atomic E-state index is -0.0316. The Morgan fingerprint density at radius 1 is 1.17 bits per heavy atom. The van der Waals surface area contributed by atoms with Crippen molar-refractivity contribution in [2.75, 3.05) is 17.7 Å². The molecular formula is C18H23ClN2O2. The summed E-state index contributed by atoms with van der Waals surface area (Å²) in [6.45, 7) is 2.73. The normalized spacial score (nSPS) is 9.78. The van der Waals surface area contributed by atoms with Crippen LogP contribution in [0.4, 0.5) is 11.4 Å². The van der Waals surface area contributed by atoms with Gasteiger partial charge >= 0.3 is 0 Å². The van der Waals surface area contributed by atoms with Gasteiger partial charge in [-0.2, -0.15) is 0 Å². The third-order valence-electron chi connectivity index (χ3n) is 3.27. The number of anilines is 2. The lowest BCUT2D eigenvalue weighted by atomic mass is 10.1. The predicted octanol–water partition coefficient (Wildman–Crippen LogP) is 4.05. The zero-order valence-corrected chi connectivity index (χ0v) is 14.1. The Hall–Kier alpha value is -2.20. The molecule has 124 valence electrons. The van der Waals surface area contributed by atoms with Gasteiger partial charge < -0.3 is 15.8 Å². The maximum atomic E-state index is 12.0. The number of benzene rings is 2. The largest absolute Gasteiger partial charge is 0.494 e. The molecule has 0 atom stereocenters. The van der Waals surface area contributed by atoms with E-state index in [2.05, 4.69) is 12.2 Å². The summed E-state index contributed by atoms with van der Waals surface area (Å²) in [4.78, 5) is 12.0. The first kappa shape index (κ1) is 18.8. The van der Waals surface area contributed by atoms with Crippen LogP contribution >= 0.6 is 12.4 Å². The van der Waals surface area contributed by atoms with E-state index in [1.807, 2.05) is 48.5 Å². The number of nitrogens with two attached hydrogens (primary N) is 1. The first-order chi connectivity index (χ1) is 10.7. The van der Waals surface area contributed by atoms with Crippen LogP contribution in [0.1, 0.15) is 25.3 Å². The summed E-state index contributed by atoms with van der Waals surface area (Å²) < 4.78 is 5.55. The summed E-state index contributed by atoms with van der Waals surface area (Å²) in [5.74, 6) is 0.739. The number of halogens is 1. The fourth-order valence-corrected chi connectivity index (χ4v) is 2.12. The van der Waals surface area contributed by atoms with Gasteiger partial charge in [-0.15, -0.1) is 12.4 Å². The second kappa shape index (κ2) is 9.74. The lowest BCUT2D eigenvalue weighted by Gasteiger charge is -2.09. The highest BCUT2D eigenvalue weighted by molar-refractivity contribution is 5.91. The number of rotatable bonds is 7. The first-order valence-corrected chi connectivity index (χ1v) is 7.55. The van der Waals surface area contributed by atoms with Crippen LogP contribution < -0.4 is 15.8 Å². The minimum absolute atomic E-state index is 0. The highest BCUT2D eigenvalue weighted by atomic mass is 35.5. The molecular weight excluding hydrogens is 312 g/mol. The summed E-state index contributed by atoms with van der Waals surface area (Å²) in [6, 6.07) is 15.1. The molecule has 0 bridgehead atoms. The van der Waals surface area contributed by atoms with E-state index < -0.39 is 0 Å². The molecule has 0 aliphatic carbocycles. The van der Waals surface area contributed by atoms with Gasteiger partial charge in [-0.05, 0) is 36.6 Å². The van der Waals surface area contributed by atoms with E-state index in [4.69, 9.17) is 10.5 Å². The van der Waals surface area contributed by atoms with Crippen LogP contribution in [0.2, 0.25) is 0 Å². The Bertz CT molecular complexity index is 632. The van der Waals surface area contributed by atoms with Crippen molar-refractivity contribution in [3.63, 3.8) is 0 Å². The van der Waals surface area contributed by atoms with Crippen molar-refractivity contribution in [1.29, 1.82) is 0 Å². The van der Waals surface area contributed by atoms with E-state index in [0.29, 0.717) is 19.4 Å². The van der Waals surface area contributed by atoms with Gasteiger partial charge in [0.05, 0.1) is 6.61 Å². The zero-order chi connectivity index (χ0) is 15.8. The number of aryl methyl sites for hydroxylation is 1. The minimum Gasteiger partial charge on any atom is -0.494 e. The highest BCUT2D eigenvalue weighted by Crippen LogP contribution is 2.18. The molecule has 23 heavy (non-hydrogen) atoms. The first-order valence-electron chi connectivity index (χ1n) is 7.55. The molecule has 5 heteroatoms. The average Bonchev–Trinajstić information content (AvgIpc) is 2.52. The van der Waals surface area contributed by atoms with Gasteiger partial charge in [-0.25, -0.2) is 0 Å². The number of carbonyl (C=O) groups excluding carboxylic acids is 1. The van der Waals surface area contributed by atoms with Crippen molar-refractivity contribution >= 4 is 29.7 Å². The summed E-state index contributed by atoms with van der Waals surface area (Å²) >= 11 is 0. The number of hydrogen-bond acceptors (Lipinski definition) is 3. The Balaban J connectivity index is 0.00000264. The third-order valence-corrected chi connectivity index (χ3v) is 3.27. The maximum absolute atomic E-state index is 12.0. The molecule has 3 N–H and O–H groups in total. The van der Waals surface area contributed by atoms with Gasteiger partial charge in [-0.3, -0.25) is 4.79 Å². The average molecular weight is 335 g/mol. The fraction of sp³-hybridized carbons (Fsp3) is 0.278. The molecule has 2 aromatic rings. The van der Waals surface area contributed by atoms with Crippen molar-refractivity contribution in [2.45, 2.75) is 26.2 Å². The molecule has 0 spiro atoms. The molecule has 0 saturated heterocycles. The number of nitrogen functional groups attached to an aromatic ring is 1. The van der Waals surface area contributed by atoms with Crippen LogP contribution in [-0.2, 0) is 11.2 Å². The van der Waals surface area contributed by atoms with E-state index in [-0.39, 0.29) is 18.3 Å². The molecule has 0 aliphatic heterocycles. The van der Waals surface area contributed by atoms with Gasteiger partial charge in [0, 0.05) is 23.9 Å². The number of hydrogen-bond donors (Lipinski definition) is 2. The van der Waals surface area contributed by atoms with Crippen LogP contribution in [0.3, 0.4) is 0 Å². The number of amides is 1. The Morgan fingerprint density at radius 2 is 1.96 bits per heavy atom. The van der Waals surface area contributed by atoms with E-state index in [1.165, 1.54) is 0 Å². The van der Waals surface area contributed by atoms with Crippen molar-refractivity contribution < 1.29 is 9.53 Å². The van der Waals surface area contributed by atoms with Crippen LogP contribution in [0.5, 0.6) is 5.75 Å². The Morgan fingerprint density at radius 3 is 2.70 bits per heavy atom. The summed E-state index contributed by atoms with van der Waals surface area (Å²) in [5, 5.41) is 2.89. The lowest BCUT2D eigenvalue weighted by Crippen LogP contribution is -2.12. The molecule has 1 amide bonds. The van der Waals surface area contributed by atoms with E-state index >= 15 is 0 Å². The lowest BCUT2D eigenvalue weighted by molar-refractivity contribution is -0.116. The number of carbonyl (C=O) groups is 1. The van der Waals surface area contributed by atoms with Crippen LogP contribution in [0, 0.1) is 0 Å². The third kappa shape index (κ3) is 6.20. The van der Waals surface area contributed by atoms with Crippen molar-refractivity contribution in [3.05, 3.63) is 54.1 Å². The van der Waals surface area contributed by atoms with Gasteiger partial charge in [0.25, 0.3) is 0 Å². The predicted molar refractivity (Wildman–Crippen MR) is 97.3 cm³/mol. The molecule has 0 fully saturated rings. The molecule has 0 aliphatic rings. The van der Waals surface area contributed by atoms with Gasteiger partial charge in [0.1, 0.15) is 5.75 Å². The van der Waals surface area contributed by atoms with Gasteiger partial charge in [-0.1, -0.05) is 31.2 Å². The van der Waals surface area contributed by atoms with Gasteiger partial charge in [0.15, 0.2) is 0 Å². The highest BCUT2D eigenvalue weighted by Gasteiger charge is 2.06. The molecule has 2 rings (SSSR count). The van der Waals surface area contributed by atoms with E-state index in [1.54, 1.807) is 0 Å². The molecule has 0 saturated carbocycles. The van der Waals surface area contributed by atoms with Crippen LogP contribution in [0.15, 0.2) is 48.5 Å². The molecule has 0 radical (unpaired) electrons. The van der Waals surface area contributed by atoms with Crippen LogP contribution in [-0.4, -0.2) is 12.5 Å². The molecule has 0 unspecified atom stereocenters. The van der Waals surface area contributed by atoms with Crippen molar-refractivity contribution in [1.82, 2.24) is 0 Å². The molecule has 0 aromatic heterocycles. The standard InChI is InChI=1S/C18H22N2O2.ClH/c1-2-12-22-16-8-5-7-15(13-16)20-18(21)11-10-14-6-3-4-9-17(14)19;/h3-9,13H,2,10-12,19H2,1H3,(H,20,21);1H. The summed E-state index contributed by atoms with van der Waals surface area (Å²) in [7, 11) is 0. The fourth-order valence-electron chi connectivity index (χ4n) is 2.12. The maximum Gasteiger partial charge on any atom is 0.224 e. The monoisotopic (exact) mass is 334 g/mol. The Labute approximate surface area is 143 Å².